The van der Waals surface area contributed by atoms with Crippen molar-refractivity contribution in [3.8, 4) is 11.3 Å². The number of nitrogens with zero attached hydrogens (tertiary/aromatic N) is 2. The Labute approximate surface area is 149 Å². The van der Waals surface area contributed by atoms with Gasteiger partial charge in [0.2, 0.25) is 0 Å². The third-order valence-electron chi connectivity index (χ3n) is 3.79. The average molecular weight is 363 g/mol. The molecule has 1 atom stereocenters. The first-order valence-corrected chi connectivity index (χ1v) is 8.15. The van der Waals surface area contributed by atoms with Crippen molar-refractivity contribution in [2.24, 2.45) is 7.05 Å². The summed E-state index contributed by atoms with van der Waals surface area (Å²) in [6.45, 7) is 1.86. The molecule has 0 aliphatic rings. The Morgan fingerprint density at radius 3 is 2.62 bits per heavy atom. The third kappa shape index (κ3) is 3.18. The zero-order chi connectivity index (χ0) is 17.3. The number of benzene rings is 1. The fourth-order valence-corrected chi connectivity index (χ4v) is 2.80. The molecular formula is C17H16Cl2N4O. The van der Waals surface area contributed by atoms with Crippen LogP contribution in [0.1, 0.15) is 29.3 Å². The first-order chi connectivity index (χ1) is 11.5. The van der Waals surface area contributed by atoms with Crippen molar-refractivity contribution in [2.45, 2.75) is 13.0 Å². The largest absolute Gasteiger partial charge is 0.341 e. The highest BCUT2D eigenvalue weighted by Crippen LogP contribution is 2.25. The molecule has 1 unspecified atom stereocenters. The Morgan fingerprint density at radius 2 is 2.00 bits per heavy atom. The molecule has 0 aliphatic heterocycles. The van der Waals surface area contributed by atoms with E-state index >= 15 is 0 Å². The molecule has 0 fully saturated rings. The fraction of sp³-hybridized carbons (Fsp3) is 0.176. The number of aromatic amines is 1. The maximum absolute atomic E-state index is 12.4. The van der Waals surface area contributed by atoms with E-state index in [2.05, 4.69) is 15.3 Å². The number of hydrogen-bond acceptors (Lipinski definition) is 2. The summed E-state index contributed by atoms with van der Waals surface area (Å²) in [5.41, 5.74) is 2.33. The fourth-order valence-electron chi connectivity index (χ4n) is 2.42. The minimum absolute atomic E-state index is 0.267. The molecule has 124 valence electrons. The minimum atomic E-state index is -0.289. The molecule has 2 heterocycles. The first-order valence-electron chi connectivity index (χ1n) is 7.39. The van der Waals surface area contributed by atoms with Crippen molar-refractivity contribution >= 4 is 29.1 Å². The average Bonchev–Trinajstić information content (AvgIpc) is 3.17. The van der Waals surface area contributed by atoms with E-state index < -0.39 is 0 Å². The van der Waals surface area contributed by atoms with E-state index in [-0.39, 0.29) is 11.9 Å². The van der Waals surface area contributed by atoms with Gasteiger partial charge in [-0.1, -0.05) is 53.5 Å². The van der Waals surface area contributed by atoms with E-state index in [1.165, 1.54) is 0 Å². The van der Waals surface area contributed by atoms with Gasteiger partial charge in [-0.25, -0.2) is 4.98 Å². The zero-order valence-corrected chi connectivity index (χ0v) is 14.7. The first kappa shape index (κ1) is 16.6. The Bertz CT molecular complexity index is 870. The molecule has 0 bridgehead atoms. The van der Waals surface area contributed by atoms with E-state index in [1.54, 1.807) is 23.9 Å². The van der Waals surface area contributed by atoms with Gasteiger partial charge in [-0.15, -0.1) is 0 Å². The third-order valence-corrected chi connectivity index (χ3v) is 4.63. The summed E-state index contributed by atoms with van der Waals surface area (Å²) < 4.78 is 1.55. The number of H-pyrrole nitrogens is 1. The molecule has 0 saturated heterocycles. The van der Waals surface area contributed by atoms with Crippen LogP contribution in [0, 0.1) is 0 Å². The normalized spacial score (nSPS) is 12.2. The van der Waals surface area contributed by atoms with Crippen LogP contribution in [0.5, 0.6) is 0 Å². The number of halogens is 2. The van der Waals surface area contributed by atoms with Gasteiger partial charge in [0.25, 0.3) is 5.91 Å². The number of carbonyl (C=O) groups excluding carboxylic acids is 1. The highest BCUT2D eigenvalue weighted by Gasteiger charge is 2.19. The second-order valence-corrected chi connectivity index (χ2v) is 6.24. The minimum Gasteiger partial charge on any atom is -0.341 e. The highest BCUT2D eigenvalue weighted by molar-refractivity contribution is 6.41. The lowest BCUT2D eigenvalue weighted by Crippen LogP contribution is -2.28. The summed E-state index contributed by atoms with van der Waals surface area (Å²) in [5.74, 6) is 0.407. The molecule has 5 nitrogen and oxygen atoms in total. The molecule has 2 N–H and O–H groups in total. The van der Waals surface area contributed by atoms with Gasteiger partial charge in [0.1, 0.15) is 16.7 Å². The van der Waals surface area contributed by atoms with E-state index in [9.17, 15) is 4.79 Å². The van der Waals surface area contributed by atoms with Gasteiger partial charge in [-0.05, 0) is 18.6 Å². The Morgan fingerprint density at radius 1 is 1.29 bits per heavy atom. The SMILES string of the molecule is CC(NC(=O)c1cc(Cl)c(Cl)n1C)c1ncc(-c2ccccc2)[nH]1. The number of hydrogen-bond donors (Lipinski definition) is 2. The van der Waals surface area contributed by atoms with Crippen LogP contribution in [0.2, 0.25) is 10.2 Å². The van der Waals surface area contributed by atoms with Crippen molar-refractivity contribution in [1.82, 2.24) is 19.9 Å². The van der Waals surface area contributed by atoms with Gasteiger partial charge in [0.15, 0.2) is 0 Å². The number of aromatic nitrogens is 3. The van der Waals surface area contributed by atoms with Crippen LogP contribution in [0.4, 0.5) is 0 Å². The summed E-state index contributed by atoms with van der Waals surface area (Å²) in [7, 11) is 1.69. The Kier molecular flexibility index (Phi) is 4.64. The van der Waals surface area contributed by atoms with Crippen LogP contribution in [-0.2, 0) is 7.05 Å². The monoisotopic (exact) mass is 362 g/mol. The van der Waals surface area contributed by atoms with Crippen LogP contribution in [0.15, 0.2) is 42.6 Å². The van der Waals surface area contributed by atoms with Gasteiger partial charge in [0.05, 0.1) is 23.0 Å². The molecule has 3 rings (SSSR count). The van der Waals surface area contributed by atoms with Gasteiger partial charge < -0.3 is 14.9 Å². The maximum atomic E-state index is 12.4. The molecule has 3 aromatic rings. The molecule has 0 spiro atoms. The Hall–Kier alpha value is -2.24. The molecule has 7 heteroatoms. The maximum Gasteiger partial charge on any atom is 0.268 e. The van der Waals surface area contributed by atoms with Gasteiger partial charge in [0, 0.05) is 7.05 Å². The molecular weight excluding hydrogens is 347 g/mol. The van der Waals surface area contributed by atoms with Crippen molar-refractivity contribution in [3.63, 3.8) is 0 Å². The second kappa shape index (κ2) is 6.71. The molecule has 1 aromatic carbocycles. The standard InChI is InChI=1S/C17H16Cl2N4O/c1-10(21-17(24)14-8-12(18)15(19)23(14)2)16-20-9-13(22-16)11-6-4-3-5-7-11/h3-10H,1-2H3,(H,20,22)(H,21,24). The zero-order valence-electron chi connectivity index (χ0n) is 13.2. The highest BCUT2D eigenvalue weighted by atomic mass is 35.5. The molecule has 0 saturated carbocycles. The van der Waals surface area contributed by atoms with Gasteiger partial charge in [-0.2, -0.15) is 0 Å². The summed E-state index contributed by atoms with van der Waals surface area (Å²) in [6.07, 6.45) is 1.75. The molecule has 0 radical (unpaired) electrons. The lowest BCUT2D eigenvalue weighted by atomic mass is 10.2. The number of amides is 1. The smallest absolute Gasteiger partial charge is 0.268 e. The molecule has 0 aliphatic carbocycles. The van der Waals surface area contributed by atoms with Crippen molar-refractivity contribution < 1.29 is 4.79 Å². The summed E-state index contributed by atoms with van der Waals surface area (Å²) in [5, 5.41) is 3.57. The lowest BCUT2D eigenvalue weighted by Gasteiger charge is -2.12. The van der Waals surface area contributed by atoms with Crippen LogP contribution < -0.4 is 5.32 Å². The van der Waals surface area contributed by atoms with Crippen LogP contribution in [0.25, 0.3) is 11.3 Å². The summed E-state index contributed by atoms with van der Waals surface area (Å²) >= 11 is 12.0. The van der Waals surface area contributed by atoms with E-state index in [0.29, 0.717) is 21.7 Å². The predicted octanol–water partition coefficient (Wildman–Crippen LogP) is 4.21. The molecule has 24 heavy (non-hydrogen) atoms. The molecule has 2 aromatic heterocycles. The van der Waals surface area contributed by atoms with Crippen LogP contribution in [0.3, 0.4) is 0 Å². The number of carbonyl (C=O) groups is 1. The Balaban J connectivity index is 1.75. The second-order valence-electron chi connectivity index (χ2n) is 5.47. The van der Waals surface area contributed by atoms with Crippen molar-refractivity contribution in [1.29, 1.82) is 0 Å². The number of rotatable bonds is 4. The summed E-state index contributed by atoms with van der Waals surface area (Å²) in [4.78, 5) is 20.0. The lowest BCUT2D eigenvalue weighted by molar-refractivity contribution is 0.0930. The van der Waals surface area contributed by atoms with Gasteiger partial charge in [-0.3, -0.25) is 4.79 Å². The predicted molar refractivity (Wildman–Crippen MR) is 95.3 cm³/mol. The van der Waals surface area contributed by atoms with E-state index in [4.69, 9.17) is 23.2 Å². The number of nitrogens with one attached hydrogen (secondary N) is 2. The van der Waals surface area contributed by atoms with E-state index in [1.807, 2.05) is 37.3 Å². The molecule has 1 amide bonds. The summed E-state index contributed by atoms with van der Waals surface area (Å²) in [6, 6.07) is 11.1. The number of imidazole rings is 1. The van der Waals surface area contributed by atoms with Crippen molar-refractivity contribution in [2.75, 3.05) is 0 Å². The van der Waals surface area contributed by atoms with Crippen molar-refractivity contribution in [3.05, 3.63) is 64.3 Å². The van der Waals surface area contributed by atoms with Crippen LogP contribution >= 0.6 is 23.2 Å². The topological polar surface area (TPSA) is 62.7 Å². The van der Waals surface area contributed by atoms with Crippen LogP contribution in [-0.4, -0.2) is 20.4 Å². The van der Waals surface area contributed by atoms with E-state index in [0.717, 1.165) is 11.3 Å². The van der Waals surface area contributed by atoms with Gasteiger partial charge >= 0.3 is 0 Å². The quantitative estimate of drug-likeness (QED) is 0.729.